The van der Waals surface area contributed by atoms with Gasteiger partial charge in [-0.15, -0.1) is 0 Å². The highest BCUT2D eigenvalue weighted by Gasteiger charge is 2.15. The van der Waals surface area contributed by atoms with Crippen molar-refractivity contribution in [3.63, 3.8) is 0 Å². The van der Waals surface area contributed by atoms with E-state index in [0.717, 1.165) is 11.0 Å². The van der Waals surface area contributed by atoms with Crippen molar-refractivity contribution in [3.8, 4) is 5.75 Å². The number of carboxylic acid groups (broad SMARTS) is 1. The van der Waals surface area contributed by atoms with E-state index in [4.69, 9.17) is 9.84 Å². The Kier molecular flexibility index (Phi) is 8.73. The predicted molar refractivity (Wildman–Crippen MR) is 135 cm³/mol. The van der Waals surface area contributed by atoms with Crippen molar-refractivity contribution >= 4 is 61.9 Å². The standard InChI is InChI=1S/C23H22BrFN6O5/c1-3-20(32)29-18-9-14-17(10-19(18)36-7-6-26-21(33)11-31(2)23(34)35)27-12-28-22(14)30-16-5-4-13(24)8-15(16)25/h3-5,8-10,12H,1,6-7,11H2,2H3,(H,26,33)(H,29,32)(H,34,35)(H,27,28,30). The van der Waals surface area contributed by atoms with Crippen LogP contribution in [0, 0.1) is 5.82 Å². The normalized spacial score (nSPS) is 10.4. The van der Waals surface area contributed by atoms with Crippen LogP contribution in [0.4, 0.5) is 26.4 Å². The molecule has 0 saturated carbocycles. The molecule has 0 aliphatic heterocycles. The number of carbonyl (C=O) groups is 3. The van der Waals surface area contributed by atoms with Crippen molar-refractivity contribution in [1.29, 1.82) is 0 Å². The molecule has 0 aliphatic carbocycles. The molecule has 0 saturated heterocycles. The fourth-order valence-corrected chi connectivity index (χ4v) is 3.33. The van der Waals surface area contributed by atoms with Gasteiger partial charge in [-0.05, 0) is 30.3 Å². The van der Waals surface area contributed by atoms with Gasteiger partial charge in [0.05, 0.1) is 23.4 Å². The smallest absolute Gasteiger partial charge is 0.407 e. The monoisotopic (exact) mass is 560 g/mol. The Balaban J connectivity index is 1.81. The van der Waals surface area contributed by atoms with Crippen LogP contribution in [0.15, 0.2) is 53.8 Å². The highest BCUT2D eigenvalue weighted by molar-refractivity contribution is 9.10. The Morgan fingerprint density at radius 3 is 2.69 bits per heavy atom. The molecule has 0 radical (unpaired) electrons. The summed E-state index contributed by atoms with van der Waals surface area (Å²) in [6.07, 6.45) is 1.16. The Hall–Kier alpha value is -4.26. The molecular weight excluding hydrogens is 539 g/mol. The van der Waals surface area contributed by atoms with Crippen molar-refractivity contribution in [1.82, 2.24) is 20.2 Å². The number of amides is 3. The molecule has 3 aromatic rings. The Morgan fingerprint density at radius 1 is 1.22 bits per heavy atom. The number of nitrogens with zero attached hydrogens (tertiary/aromatic N) is 3. The molecule has 3 amide bonds. The van der Waals surface area contributed by atoms with E-state index in [9.17, 15) is 18.8 Å². The first-order chi connectivity index (χ1) is 17.2. The molecule has 13 heteroatoms. The summed E-state index contributed by atoms with van der Waals surface area (Å²) in [5.41, 5.74) is 0.918. The van der Waals surface area contributed by atoms with E-state index in [0.29, 0.717) is 21.2 Å². The second-order valence-corrected chi connectivity index (χ2v) is 8.28. The van der Waals surface area contributed by atoms with Gasteiger partial charge in [0.2, 0.25) is 11.8 Å². The highest BCUT2D eigenvalue weighted by Crippen LogP contribution is 2.34. The topological polar surface area (TPSA) is 146 Å². The fourth-order valence-electron chi connectivity index (χ4n) is 2.99. The van der Waals surface area contributed by atoms with Crippen molar-refractivity contribution in [3.05, 3.63) is 59.6 Å². The van der Waals surface area contributed by atoms with Crippen LogP contribution < -0.4 is 20.7 Å². The molecule has 36 heavy (non-hydrogen) atoms. The molecule has 0 unspecified atom stereocenters. The number of anilines is 3. The maximum Gasteiger partial charge on any atom is 0.407 e. The van der Waals surface area contributed by atoms with E-state index in [-0.39, 0.29) is 36.8 Å². The SMILES string of the molecule is C=CC(=O)Nc1cc2c(Nc3ccc(Br)cc3F)ncnc2cc1OCCNC(=O)CN(C)C(=O)O. The zero-order valence-corrected chi connectivity index (χ0v) is 20.6. The number of ether oxygens (including phenoxy) is 1. The third-order valence-electron chi connectivity index (χ3n) is 4.75. The van der Waals surface area contributed by atoms with Gasteiger partial charge < -0.3 is 30.7 Å². The van der Waals surface area contributed by atoms with Crippen LogP contribution in [0.5, 0.6) is 5.75 Å². The molecule has 11 nitrogen and oxygen atoms in total. The molecule has 0 aliphatic rings. The van der Waals surface area contributed by atoms with Crippen molar-refractivity contribution in [2.24, 2.45) is 0 Å². The van der Waals surface area contributed by atoms with Gasteiger partial charge in [0.1, 0.15) is 36.9 Å². The number of halogens is 2. The van der Waals surface area contributed by atoms with Gasteiger partial charge in [-0.1, -0.05) is 22.5 Å². The zero-order chi connectivity index (χ0) is 26.2. The summed E-state index contributed by atoms with van der Waals surface area (Å²) in [6.45, 7) is 3.22. The van der Waals surface area contributed by atoms with E-state index >= 15 is 0 Å². The predicted octanol–water partition coefficient (Wildman–Crippen LogP) is 3.50. The van der Waals surface area contributed by atoms with Gasteiger partial charge in [0.25, 0.3) is 0 Å². The van der Waals surface area contributed by atoms with Gasteiger partial charge in [0, 0.05) is 23.0 Å². The number of benzene rings is 2. The number of likely N-dealkylation sites (N-methyl/N-ethyl adjacent to an activating group) is 1. The third kappa shape index (κ3) is 6.88. The maximum absolute atomic E-state index is 14.4. The second-order valence-electron chi connectivity index (χ2n) is 7.37. The van der Waals surface area contributed by atoms with Crippen LogP contribution >= 0.6 is 15.9 Å². The average molecular weight is 561 g/mol. The number of hydrogen-bond donors (Lipinski definition) is 4. The van der Waals surface area contributed by atoms with Crippen LogP contribution in [0.1, 0.15) is 0 Å². The van der Waals surface area contributed by atoms with Crippen LogP contribution in [0.2, 0.25) is 0 Å². The summed E-state index contributed by atoms with van der Waals surface area (Å²) in [6, 6.07) is 7.68. The number of hydrogen-bond acceptors (Lipinski definition) is 7. The number of nitrogens with one attached hydrogen (secondary N) is 3. The van der Waals surface area contributed by atoms with Gasteiger partial charge in [0.15, 0.2) is 0 Å². The van der Waals surface area contributed by atoms with Gasteiger partial charge in [-0.25, -0.2) is 19.2 Å². The van der Waals surface area contributed by atoms with Gasteiger partial charge in [-0.3, -0.25) is 9.59 Å². The minimum atomic E-state index is -1.22. The highest BCUT2D eigenvalue weighted by atomic mass is 79.9. The summed E-state index contributed by atoms with van der Waals surface area (Å²) >= 11 is 3.21. The van der Waals surface area contributed by atoms with E-state index in [1.165, 1.54) is 19.4 Å². The maximum atomic E-state index is 14.4. The van der Waals surface area contributed by atoms with Crippen LogP contribution in [0.25, 0.3) is 10.9 Å². The van der Waals surface area contributed by atoms with E-state index in [1.54, 1.807) is 24.3 Å². The lowest BCUT2D eigenvalue weighted by molar-refractivity contribution is -0.121. The van der Waals surface area contributed by atoms with E-state index in [1.807, 2.05) is 0 Å². The first-order valence-corrected chi connectivity index (χ1v) is 11.2. The van der Waals surface area contributed by atoms with E-state index in [2.05, 4.69) is 48.4 Å². The zero-order valence-electron chi connectivity index (χ0n) is 19.0. The average Bonchev–Trinajstić information content (AvgIpc) is 2.83. The minimum Gasteiger partial charge on any atom is -0.489 e. The Morgan fingerprint density at radius 2 is 2.00 bits per heavy atom. The molecule has 3 rings (SSSR count). The summed E-state index contributed by atoms with van der Waals surface area (Å²) in [7, 11) is 1.28. The van der Waals surface area contributed by atoms with Crippen LogP contribution in [0.3, 0.4) is 0 Å². The van der Waals surface area contributed by atoms with Crippen molar-refractivity contribution in [2.75, 3.05) is 37.4 Å². The molecule has 2 aromatic carbocycles. The quantitative estimate of drug-likeness (QED) is 0.217. The van der Waals surface area contributed by atoms with E-state index < -0.39 is 23.7 Å². The van der Waals surface area contributed by atoms with Crippen molar-refractivity contribution < 1.29 is 28.6 Å². The van der Waals surface area contributed by atoms with Crippen LogP contribution in [-0.2, 0) is 9.59 Å². The Labute approximate surface area is 213 Å². The molecular formula is C23H22BrFN6O5. The summed E-state index contributed by atoms with van der Waals surface area (Å²) in [4.78, 5) is 43.9. The molecule has 188 valence electrons. The lowest BCUT2D eigenvalue weighted by atomic mass is 10.1. The lowest BCUT2D eigenvalue weighted by Crippen LogP contribution is -2.39. The summed E-state index contributed by atoms with van der Waals surface area (Å²) in [5.74, 6) is -0.918. The third-order valence-corrected chi connectivity index (χ3v) is 5.25. The first-order valence-electron chi connectivity index (χ1n) is 10.5. The van der Waals surface area contributed by atoms with Gasteiger partial charge >= 0.3 is 6.09 Å². The van der Waals surface area contributed by atoms with Gasteiger partial charge in [-0.2, -0.15) is 0 Å². The summed E-state index contributed by atoms with van der Waals surface area (Å²) < 4.78 is 20.7. The molecule has 1 heterocycles. The lowest BCUT2D eigenvalue weighted by Gasteiger charge is -2.16. The largest absolute Gasteiger partial charge is 0.489 e. The van der Waals surface area contributed by atoms with Crippen molar-refractivity contribution in [2.45, 2.75) is 0 Å². The molecule has 0 bridgehead atoms. The minimum absolute atomic E-state index is 0.0191. The molecule has 0 atom stereocenters. The Bertz CT molecular complexity index is 1320. The fraction of sp³-hybridized carbons (Fsp3) is 0.174. The second kappa shape index (κ2) is 11.9. The molecule has 0 spiro atoms. The molecule has 0 fully saturated rings. The summed E-state index contributed by atoms with van der Waals surface area (Å²) in [5, 5.41) is 17.4. The number of fused-ring (bicyclic) bond motifs is 1. The molecule has 4 N–H and O–H groups in total. The number of rotatable bonds is 10. The number of aromatic nitrogens is 2. The number of carbonyl (C=O) groups excluding carboxylic acids is 2. The molecule has 1 aromatic heterocycles. The first kappa shape index (κ1) is 26.3. The van der Waals surface area contributed by atoms with Crippen LogP contribution in [-0.4, -0.2) is 64.6 Å².